The number of thioether (sulfide) groups is 1. The summed E-state index contributed by atoms with van der Waals surface area (Å²) in [5.74, 6) is 3.91. The Morgan fingerprint density at radius 1 is 0.704 bits per heavy atom. The Morgan fingerprint density at radius 2 is 1.04 bits per heavy atom. The van der Waals surface area contributed by atoms with Gasteiger partial charge >= 0.3 is 0 Å². The Labute approximate surface area is 179 Å². The summed E-state index contributed by atoms with van der Waals surface area (Å²) in [4.78, 5) is 0. The SMILES string of the molecule is CC(C)C.CCC(C)C.CCC(C)C.CCCSC.CCc1ccccc1. The van der Waals surface area contributed by atoms with Crippen LogP contribution in [0, 0.1) is 17.8 Å². The number of aryl methyl sites for hydroxylation is 1. The molecule has 27 heavy (non-hydrogen) atoms. The van der Waals surface area contributed by atoms with Crippen LogP contribution in [0.5, 0.6) is 0 Å². The van der Waals surface area contributed by atoms with Crippen molar-refractivity contribution in [2.75, 3.05) is 12.0 Å². The molecule has 0 fully saturated rings. The van der Waals surface area contributed by atoms with E-state index < -0.39 is 0 Å². The molecule has 164 valence electrons. The van der Waals surface area contributed by atoms with Gasteiger partial charge in [0.2, 0.25) is 0 Å². The van der Waals surface area contributed by atoms with Gasteiger partial charge in [-0.3, -0.25) is 0 Å². The number of rotatable bonds is 5. The topological polar surface area (TPSA) is 0 Å². The molecule has 1 aromatic carbocycles. The quantitative estimate of drug-likeness (QED) is 0.475. The van der Waals surface area contributed by atoms with Crippen molar-refractivity contribution in [2.24, 2.45) is 17.8 Å². The fourth-order valence-corrected chi connectivity index (χ4v) is 1.33. The molecule has 1 rings (SSSR count). The van der Waals surface area contributed by atoms with Gasteiger partial charge in [0.25, 0.3) is 0 Å². The van der Waals surface area contributed by atoms with Crippen LogP contribution >= 0.6 is 11.8 Å². The molecule has 1 heteroatoms. The maximum Gasteiger partial charge on any atom is -0.00729 e. The molecule has 0 saturated heterocycles. The van der Waals surface area contributed by atoms with Crippen molar-refractivity contribution in [3.63, 3.8) is 0 Å². The Kier molecular flexibility index (Phi) is 38.3. The maximum atomic E-state index is 2.22. The van der Waals surface area contributed by atoms with Gasteiger partial charge in [-0.25, -0.2) is 0 Å². The van der Waals surface area contributed by atoms with Crippen LogP contribution in [0.4, 0.5) is 0 Å². The van der Waals surface area contributed by atoms with E-state index in [0.29, 0.717) is 0 Å². The first-order valence-electron chi connectivity index (χ1n) is 11.1. The molecule has 0 aliphatic rings. The summed E-state index contributed by atoms with van der Waals surface area (Å²) in [6.07, 6.45) is 7.19. The lowest BCUT2D eigenvalue weighted by molar-refractivity contribution is 0.626. The van der Waals surface area contributed by atoms with Gasteiger partial charge in [-0.1, -0.05) is 119 Å². The van der Waals surface area contributed by atoms with E-state index in [-0.39, 0.29) is 0 Å². The van der Waals surface area contributed by atoms with E-state index in [2.05, 4.69) is 107 Å². The molecule has 0 nitrogen and oxygen atoms in total. The Morgan fingerprint density at radius 3 is 1.15 bits per heavy atom. The average Bonchev–Trinajstić information content (AvgIpc) is 2.64. The number of benzene rings is 1. The van der Waals surface area contributed by atoms with Crippen LogP contribution in [0.3, 0.4) is 0 Å². The normalized spacial score (nSPS) is 9.15. The molecule has 0 unspecified atom stereocenters. The highest BCUT2D eigenvalue weighted by Gasteiger charge is 1.81. The summed E-state index contributed by atoms with van der Waals surface area (Å²) >= 11 is 1.90. The lowest BCUT2D eigenvalue weighted by Crippen LogP contribution is -1.77. The zero-order chi connectivity index (χ0) is 22.1. The lowest BCUT2D eigenvalue weighted by atomic mass is 10.2. The van der Waals surface area contributed by atoms with Crippen molar-refractivity contribution in [3.8, 4) is 0 Å². The summed E-state index contributed by atoms with van der Waals surface area (Å²) in [5.41, 5.74) is 1.41. The lowest BCUT2D eigenvalue weighted by Gasteiger charge is -1.90. The van der Waals surface area contributed by atoms with Crippen LogP contribution in [-0.2, 0) is 6.42 Å². The molecule has 0 aromatic heterocycles. The van der Waals surface area contributed by atoms with Crippen LogP contribution < -0.4 is 0 Å². The summed E-state index contributed by atoms with van der Waals surface area (Å²) in [7, 11) is 0. The highest BCUT2D eigenvalue weighted by atomic mass is 32.2. The van der Waals surface area contributed by atoms with E-state index in [4.69, 9.17) is 0 Å². The van der Waals surface area contributed by atoms with Crippen molar-refractivity contribution in [1.82, 2.24) is 0 Å². The van der Waals surface area contributed by atoms with Gasteiger partial charge in [0.05, 0.1) is 0 Å². The van der Waals surface area contributed by atoms with Crippen molar-refractivity contribution in [1.29, 1.82) is 0 Å². The molecule has 0 N–H and O–H groups in total. The molecule has 0 spiro atoms. The third-order valence-electron chi connectivity index (χ3n) is 3.29. The fourth-order valence-electron chi connectivity index (χ4n) is 0.918. The van der Waals surface area contributed by atoms with Gasteiger partial charge in [0.1, 0.15) is 0 Å². The van der Waals surface area contributed by atoms with E-state index in [9.17, 15) is 0 Å². The summed E-state index contributed by atoms with van der Waals surface area (Å²) < 4.78 is 0. The van der Waals surface area contributed by atoms with Crippen molar-refractivity contribution < 1.29 is 0 Å². The Balaban J connectivity index is -0.000000126. The Bertz CT molecular complexity index is 301. The standard InChI is InChI=1S/C8H10.2C5H12.C4H10S.C4H10/c1-2-8-6-4-3-5-7-8;2*1-4-5(2)3;1-3-4-5-2;1-4(2)3/h3-7H,2H2,1H3;2*5H,4H2,1-3H3;3-4H2,1-2H3;4H,1-3H3. The highest BCUT2D eigenvalue weighted by Crippen LogP contribution is 1.97. The van der Waals surface area contributed by atoms with Crippen LogP contribution in [0.15, 0.2) is 30.3 Å². The van der Waals surface area contributed by atoms with Gasteiger partial charge in [0.15, 0.2) is 0 Å². The van der Waals surface area contributed by atoms with Crippen LogP contribution in [-0.4, -0.2) is 12.0 Å². The molecule has 0 amide bonds. The van der Waals surface area contributed by atoms with Gasteiger partial charge in [0, 0.05) is 0 Å². The van der Waals surface area contributed by atoms with E-state index in [1.807, 2.05) is 17.8 Å². The van der Waals surface area contributed by atoms with Gasteiger partial charge in [-0.05, 0) is 48.2 Å². The zero-order valence-electron chi connectivity index (χ0n) is 21.1. The van der Waals surface area contributed by atoms with Crippen LogP contribution in [0.2, 0.25) is 0 Å². The summed E-state index contributed by atoms with van der Waals surface area (Å²) in [6, 6.07) is 10.5. The second-order valence-corrected chi connectivity index (χ2v) is 9.15. The number of hydrogen-bond acceptors (Lipinski definition) is 1. The predicted molar refractivity (Wildman–Crippen MR) is 135 cm³/mol. The Hall–Kier alpha value is -0.430. The minimum Gasteiger partial charge on any atom is -0.165 e. The third kappa shape index (κ3) is 58.6. The molecule has 0 aliphatic carbocycles. The molecule has 0 heterocycles. The number of hydrogen-bond donors (Lipinski definition) is 0. The van der Waals surface area contributed by atoms with Gasteiger partial charge < -0.3 is 0 Å². The average molecular weight is 399 g/mol. The second-order valence-electron chi connectivity index (χ2n) is 8.17. The zero-order valence-corrected chi connectivity index (χ0v) is 21.9. The fraction of sp³-hybridized carbons (Fsp3) is 0.769. The van der Waals surface area contributed by atoms with E-state index in [1.165, 1.54) is 30.6 Å². The molecule has 0 radical (unpaired) electrons. The maximum absolute atomic E-state index is 2.22. The smallest absolute Gasteiger partial charge is 0.00729 e. The van der Waals surface area contributed by atoms with E-state index in [0.717, 1.165) is 24.2 Å². The molecular formula is C26H54S. The van der Waals surface area contributed by atoms with Crippen molar-refractivity contribution in [3.05, 3.63) is 35.9 Å². The minimum atomic E-state index is 0.833. The molecule has 0 atom stereocenters. The van der Waals surface area contributed by atoms with Crippen LogP contribution in [0.25, 0.3) is 0 Å². The molecule has 1 aromatic rings. The summed E-state index contributed by atoms with van der Waals surface area (Å²) in [6.45, 7) is 24.1. The van der Waals surface area contributed by atoms with Gasteiger partial charge in [-0.2, -0.15) is 11.8 Å². The first kappa shape index (κ1) is 34.1. The largest absolute Gasteiger partial charge is 0.165 e. The van der Waals surface area contributed by atoms with Crippen molar-refractivity contribution in [2.45, 2.75) is 102 Å². The van der Waals surface area contributed by atoms with E-state index >= 15 is 0 Å². The van der Waals surface area contributed by atoms with Crippen molar-refractivity contribution >= 4 is 11.8 Å². The monoisotopic (exact) mass is 398 g/mol. The molecule has 0 aliphatic heterocycles. The highest BCUT2D eigenvalue weighted by molar-refractivity contribution is 7.98. The molecule has 0 bridgehead atoms. The third-order valence-corrected chi connectivity index (χ3v) is 4.11. The first-order chi connectivity index (χ1) is 12.6. The first-order valence-corrected chi connectivity index (χ1v) is 12.5. The second kappa shape index (κ2) is 30.3. The molecule has 0 saturated carbocycles. The summed E-state index contributed by atoms with van der Waals surface area (Å²) in [5, 5.41) is 0. The molecular weight excluding hydrogens is 344 g/mol. The predicted octanol–water partition coefficient (Wildman–Crippen LogP) is 9.78. The van der Waals surface area contributed by atoms with Crippen LogP contribution in [0.1, 0.15) is 101 Å². The minimum absolute atomic E-state index is 0.833. The van der Waals surface area contributed by atoms with Gasteiger partial charge in [-0.15, -0.1) is 0 Å². The van der Waals surface area contributed by atoms with E-state index in [1.54, 1.807) is 0 Å².